The van der Waals surface area contributed by atoms with Crippen molar-refractivity contribution in [3.8, 4) is 11.3 Å². The van der Waals surface area contributed by atoms with Gasteiger partial charge >= 0.3 is 0 Å². The molecule has 0 atom stereocenters. The van der Waals surface area contributed by atoms with Crippen LogP contribution < -0.4 is 10.2 Å². The molecule has 4 rings (SSSR count). The zero-order valence-corrected chi connectivity index (χ0v) is 20.6. The van der Waals surface area contributed by atoms with Crippen LogP contribution in [-0.2, 0) is 4.79 Å². The third-order valence-electron chi connectivity index (χ3n) is 5.40. The molecule has 0 aliphatic carbocycles. The van der Waals surface area contributed by atoms with E-state index in [0.717, 1.165) is 11.3 Å². The van der Waals surface area contributed by atoms with Gasteiger partial charge in [0.2, 0.25) is 5.91 Å². The fourth-order valence-corrected chi connectivity index (χ4v) is 4.44. The number of hydrogen-bond acceptors (Lipinski definition) is 6. The molecule has 2 heterocycles. The molecule has 0 bridgehead atoms. The van der Waals surface area contributed by atoms with Crippen molar-refractivity contribution in [2.24, 2.45) is 0 Å². The highest BCUT2D eigenvalue weighted by atomic mass is 35.5. The maximum Gasteiger partial charge on any atom is 0.269 e. The Morgan fingerprint density at radius 3 is 2.31 bits per heavy atom. The van der Waals surface area contributed by atoms with Crippen molar-refractivity contribution < 1.29 is 14.1 Å². The molecule has 0 radical (unpaired) electrons. The Hall–Kier alpha value is -3.40. The highest BCUT2D eigenvalue weighted by Crippen LogP contribution is 2.29. The number of non-ortho nitro benzene ring substituents is 1. The van der Waals surface area contributed by atoms with E-state index in [9.17, 15) is 14.9 Å². The molecule has 1 fully saturated rings. The van der Waals surface area contributed by atoms with Crippen LogP contribution in [0.25, 0.3) is 17.4 Å². The first-order chi connectivity index (χ1) is 16.8. The van der Waals surface area contributed by atoms with E-state index in [4.69, 9.17) is 39.8 Å². The molecule has 180 valence electrons. The molecule has 1 aromatic heterocycles. The SMILES string of the molecule is O=C(/C=C/c1ccc(-c2cc(Cl)cc(Cl)c2)o1)NC(=S)N1CCN(c2ccc([N+](=O)[O-])cc2)CC1. The molecule has 0 unspecified atom stereocenters. The van der Waals surface area contributed by atoms with Gasteiger partial charge in [0.1, 0.15) is 11.5 Å². The number of carbonyl (C=O) groups excluding carboxylic acids is 1. The normalized spacial score (nSPS) is 13.8. The second kappa shape index (κ2) is 10.9. The number of nitro benzene ring substituents is 1. The van der Waals surface area contributed by atoms with E-state index < -0.39 is 4.92 Å². The summed E-state index contributed by atoms with van der Waals surface area (Å²) in [6.07, 6.45) is 2.91. The van der Waals surface area contributed by atoms with Crippen molar-refractivity contribution in [2.75, 3.05) is 31.1 Å². The van der Waals surface area contributed by atoms with Gasteiger partial charge in [-0.2, -0.15) is 0 Å². The maximum absolute atomic E-state index is 12.4. The molecule has 1 aliphatic rings. The molecule has 1 amide bonds. The summed E-state index contributed by atoms with van der Waals surface area (Å²) in [5.74, 6) is 0.710. The van der Waals surface area contributed by atoms with Gasteiger partial charge in [-0.3, -0.25) is 20.2 Å². The van der Waals surface area contributed by atoms with Gasteiger partial charge in [0.15, 0.2) is 5.11 Å². The zero-order valence-electron chi connectivity index (χ0n) is 18.3. The second-order valence-corrected chi connectivity index (χ2v) is 9.00. The third kappa shape index (κ3) is 6.39. The number of nitrogens with zero attached hydrogens (tertiary/aromatic N) is 3. The Kier molecular flexibility index (Phi) is 7.70. The second-order valence-electron chi connectivity index (χ2n) is 7.74. The number of nitrogens with one attached hydrogen (secondary N) is 1. The Balaban J connectivity index is 1.28. The van der Waals surface area contributed by atoms with Gasteiger partial charge in [-0.1, -0.05) is 23.2 Å². The summed E-state index contributed by atoms with van der Waals surface area (Å²) in [6, 6.07) is 15.1. The first kappa shape index (κ1) is 24.7. The van der Waals surface area contributed by atoms with E-state index >= 15 is 0 Å². The van der Waals surface area contributed by atoms with Crippen LogP contribution in [0, 0.1) is 10.1 Å². The van der Waals surface area contributed by atoms with Gasteiger partial charge in [0, 0.05) is 65.7 Å². The quantitative estimate of drug-likeness (QED) is 0.204. The summed E-state index contributed by atoms with van der Waals surface area (Å²) in [4.78, 5) is 26.8. The van der Waals surface area contributed by atoms with E-state index in [1.54, 1.807) is 48.5 Å². The molecule has 1 aliphatic heterocycles. The van der Waals surface area contributed by atoms with Gasteiger partial charge in [-0.05, 0) is 60.8 Å². The summed E-state index contributed by atoms with van der Waals surface area (Å²) in [5.41, 5.74) is 1.70. The van der Waals surface area contributed by atoms with Crippen LogP contribution >= 0.6 is 35.4 Å². The highest BCUT2D eigenvalue weighted by molar-refractivity contribution is 7.80. The molecule has 1 N–H and O–H groups in total. The van der Waals surface area contributed by atoms with Gasteiger partial charge in [-0.15, -0.1) is 0 Å². The number of furan rings is 1. The summed E-state index contributed by atoms with van der Waals surface area (Å²) >= 11 is 17.5. The Morgan fingerprint density at radius 2 is 1.69 bits per heavy atom. The molecule has 35 heavy (non-hydrogen) atoms. The highest BCUT2D eigenvalue weighted by Gasteiger charge is 2.20. The number of rotatable bonds is 5. The standard InChI is InChI=1S/C24H20Cl2N4O4S/c25-17-13-16(14-18(26)15-17)22-7-5-21(34-22)6-8-23(31)27-24(35)29-11-9-28(10-12-29)19-1-3-20(4-2-19)30(32)33/h1-8,13-15H,9-12H2,(H,27,31,35)/b8-6+. The summed E-state index contributed by atoms with van der Waals surface area (Å²) in [7, 11) is 0. The zero-order chi connectivity index (χ0) is 24.9. The molecule has 2 aromatic carbocycles. The predicted octanol–water partition coefficient (Wildman–Crippen LogP) is 5.40. The number of hydrogen-bond donors (Lipinski definition) is 1. The topological polar surface area (TPSA) is 91.9 Å². The van der Waals surface area contributed by atoms with Crippen LogP contribution in [0.15, 0.2) is 65.1 Å². The van der Waals surface area contributed by atoms with E-state index in [2.05, 4.69) is 10.2 Å². The van der Waals surface area contributed by atoms with Crippen molar-refractivity contribution >= 4 is 63.9 Å². The van der Waals surface area contributed by atoms with Crippen molar-refractivity contribution in [3.63, 3.8) is 0 Å². The Bertz CT molecular complexity index is 1260. The number of piperazine rings is 1. The van der Waals surface area contributed by atoms with Gasteiger partial charge in [0.05, 0.1) is 4.92 Å². The van der Waals surface area contributed by atoms with Gasteiger partial charge < -0.3 is 14.2 Å². The van der Waals surface area contributed by atoms with Gasteiger partial charge in [0.25, 0.3) is 5.69 Å². The van der Waals surface area contributed by atoms with E-state index in [-0.39, 0.29) is 11.6 Å². The summed E-state index contributed by atoms with van der Waals surface area (Å²) in [5, 5.41) is 14.9. The Labute approximate surface area is 216 Å². The first-order valence-electron chi connectivity index (χ1n) is 10.6. The van der Waals surface area contributed by atoms with E-state index in [1.807, 2.05) is 4.90 Å². The number of amides is 1. The smallest absolute Gasteiger partial charge is 0.269 e. The number of benzene rings is 2. The van der Waals surface area contributed by atoms with Crippen LogP contribution in [0.2, 0.25) is 10.0 Å². The van der Waals surface area contributed by atoms with Crippen molar-refractivity contribution in [3.05, 3.63) is 86.6 Å². The number of nitro groups is 1. The molecule has 8 nitrogen and oxygen atoms in total. The van der Waals surface area contributed by atoms with Crippen LogP contribution in [0.4, 0.5) is 11.4 Å². The van der Waals surface area contributed by atoms with Crippen LogP contribution in [0.5, 0.6) is 0 Å². The third-order valence-corrected chi connectivity index (χ3v) is 6.19. The van der Waals surface area contributed by atoms with Crippen LogP contribution in [-0.4, -0.2) is 47.0 Å². The van der Waals surface area contributed by atoms with Crippen LogP contribution in [0.1, 0.15) is 5.76 Å². The van der Waals surface area contributed by atoms with Crippen molar-refractivity contribution in [1.82, 2.24) is 10.2 Å². The first-order valence-corrected chi connectivity index (χ1v) is 11.8. The molecule has 1 saturated heterocycles. The lowest BCUT2D eigenvalue weighted by Gasteiger charge is -2.37. The van der Waals surface area contributed by atoms with E-state index in [0.29, 0.717) is 52.9 Å². The minimum atomic E-state index is -0.419. The van der Waals surface area contributed by atoms with Crippen molar-refractivity contribution in [2.45, 2.75) is 0 Å². The lowest BCUT2D eigenvalue weighted by Crippen LogP contribution is -2.52. The fourth-order valence-electron chi connectivity index (χ4n) is 3.63. The largest absolute Gasteiger partial charge is 0.457 e. The fraction of sp³-hybridized carbons (Fsp3) is 0.167. The number of anilines is 1. The summed E-state index contributed by atoms with van der Waals surface area (Å²) in [6.45, 7) is 2.58. The predicted molar refractivity (Wildman–Crippen MR) is 141 cm³/mol. The lowest BCUT2D eigenvalue weighted by molar-refractivity contribution is -0.384. The molecular weight excluding hydrogens is 511 g/mol. The number of thiocarbonyl (C=S) groups is 1. The van der Waals surface area contributed by atoms with E-state index in [1.165, 1.54) is 18.2 Å². The molecule has 11 heteroatoms. The minimum absolute atomic E-state index is 0.0592. The summed E-state index contributed by atoms with van der Waals surface area (Å²) < 4.78 is 5.76. The monoisotopic (exact) mass is 530 g/mol. The number of carbonyl (C=O) groups is 1. The number of halogens is 2. The minimum Gasteiger partial charge on any atom is -0.457 e. The maximum atomic E-state index is 12.4. The molecule has 0 saturated carbocycles. The molecule has 0 spiro atoms. The lowest BCUT2D eigenvalue weighted by atomic mass is 10.2. The van der Waals surface area contributed by atoms with Crippen molar-refractivity contribution in [1.29, 1.82) is 0 Å². The average molecular weight is 531 g/mol. The van der Waals surface area contributed by atoms with Crippen LogP contribution in [0.3, 0.4) is 0 Å². The molecule has 3 aromatic rings. The molecular formula is C24H20Cl2N4O4S. The average Bonchev–Trinajstić information content (AvgIpc) is 3.31. The van der Waals surface area contributed by atoms with Gasteiger partial charge in [-0.25, -0.2) is 0 Å². The Morgan fingerprint density at radius 1 is 1.03 bits per heavy atom.